The van der Waals surface area contributed by atoms with E-state index in [9.17, 15) is 9.59 Å². The molecule has 0 fully saturated rings. The zero-order chi connectivity index (χ0) is 20.7. The van der Waals surface area contributed by atoms with E-state index in [1.165, 1.54) is 22.5 Å². The Bertz CT molecular complexity index is 1090. The van der Waals surface area contributed by atoms with Gasteiger partial charge in [-0.2, -0.15) is 0 Å². The van der Waals surface area contributed by atoms with E-state index in [-0.39, 0.29) is 17.7 Å². The first-order chi connectivity index (χ1) is 13.9. The summed E-state index contributed by atoms with van der Waals surface area (Å²) in [6, 6.07) is 10.2. The third-order valence-electron chi connectivity index (χ3n) is 5.87. The first-order valence-corrected chi connectivity index (χ1v) is 11.2. The second kappa shape index (κ2) is 8.13. The number of fused-ring (bicyclic) bond motifs is 2. The van der Waals surface area contributed by atoms with Crippen LogP contribution in [0.4, 0.5) is 0 Å². The van der Waals surface area contributed by atoms with Crippen LogP contribution >= 0.6 is 34.5 Å². The smallest absolute Gasteiger partial charge is 0.219 e. The maximum atomic E-state index is 12.7. The number of amides is 1. The van der Waals surface area contributed by atoms with Crippen LogP contribution in [0, 0.1) is 5.92 Å². The predicted molar refractivity (Wildman–Crippen MR) is 119 cm³/mol. The molecule has 1 amide bonds. The molecule has 2 heterocycles. The fourth-order valence-corrected chi connectivity index (χ4v) is 5.85. The molecule has 2 aromatic heterocycles. The SMILES string of the molecule is CC(=O)N(C)[C@@H]1c2ccccc2C[C@H]1CCCC(=O)c1cc2sc(Cl)c(Cl)c2[nH]1. The topological polar surface area (TPSA) is 53.2 Å². The monoisotopic (exact) mass is 448 g/mol. The van der Waals surface area contributed by atoms with Crippen molar-refractivity contribution < 1.29 is 9.59 Å². The molecule has 29 heavy (non-hydrogen) atoms. The Morgan fingerprint density at radius 1 is 1.28 bits per heavy atom. The van der Waals surface area contributed by atoms with E-state index in [2.05, 4.69) is 17.1 Å². The molecule has 0 saturated heterocycles. The Labute approximate surface area is 183 Å². The fraction of sp³-hybridized carbons (Fsp3) is 0.364. The molecule has 4 nitrogen and oxygen atoms in total. The number of carbonyl (C=O) groups excluding carboxylic acids is 2. The lowest BCUT2D eigenvalue weighted by atomic mass is 9.92. The van der Waals surface area contributed by atoms with Gasteiger partial charge >= 0.3 is 0 Å². The lowest BCUT2D eigenvalue weighted by molar-refractivity contribution is -0.130. The lowest BCUT2D eigenvalue weighted by Crippen LogP contribution is -2.32. The number of aromatic nitrogens is 1. The molecule has 0 radical (unpaired) electrons. The van der Waals surface area contributed by atoms with Crippen LogP contribution in [-0.2, 0) is 11.2 Å². The van der Waals surface area contributed by atoms with Crippen LogP contribution in [0.25, 0.3) is 10.2 Å². The number of aromatic amines is 1. The number of benzene rings is 1. The molecule has 1 aliphatic carbocycles. The maximum absolute atomic E-state index is 12.7. The van der Waals surface area contributed by atoms with Crippen LogP contribution in [0.3, 0.4) is 0 Å². The van der Waals surface area contributed by atoms with Gasteiger partial charge in [-0.25, -0.2) is 0 Å². The van der Waals surface area contributed by atoms with Crippen LogP contribution < -0.4 is 0 Å². The quantitative estimate of drug-likeness (QED) is 0.450. The van der Waals surface area contributed by atoms with E-state index < -0.39 is 0 Å². The van der Waals surface area contributed by atoms with Crippen molar-refractivity contribution in [1.29, 1.82) is 0 Å². The van der Waals surface area contributed by atoms with Crippen molar-refractivity contribution in [3.05, 3.63) is 56.5 Å². The van der Waals surface area contributed by atoms with Gasteiger partial charge in [0.05, 0.1) is 27.0 Å². The van der Waals surface area contributed by atoms with Crippen molar-refractivity contribution >= 4 is 56.4 Å². The summed E-state index contributed by atoms with van der Waals surface area (Å²) >= 11 is 13.6. The fourth-order valence-electron chi connectivity index (χ4n) is 4.37. The first kappa shape index (κ1) is 20.5. The first-order valence-electron chi connectivity index (χ1n) is 9.67. The van der Waals surface area contributed by atoms with E-state index in [1.807, 2.05) is 30.1 Å². The van der Waals surface area contributed by atoms with Gasteiger partial charge in [0.1, 0.15) is 4.34 Å². The minimum atomic E-state index is 0.0646. The summed E-state index contributed by atoms with van der Waals surface area (Å²) in [4.78, 5) is 29.6. The third-order valence-corrected chi connectivity index (χ3v) is 7.80. The van der Waals surface area contributed by atoms with Crippen LogP contribution in [0.15, 0.2) is 30.3 Å². The molecule has 0 aliphatic heterocycles. The Morgan fingerprint density at radius 3 is 2.76 bits per heavy atom. The van der Waals surface area contributed by atoms with Crippen LogP contribution in [-0.4, -0.2) is 28.6 Å². The number of nitrogens with zero attached hydrogens (tertiary/aromatic N) is 1. The average Bonchev–Trinajstić information content (AvgIpc) is 3.34. The van der Waals surface area contributed by atoms with E-state index in [4.69, 9.17) is 23.2 Å². The summed E-state index contributed by atoms with van der Waals surface area (Å²) in [7, 11) is 1.87. The number of nitrogens with one attached hydrogen (secondary N) is 1. The molecule has 0 spiro atoms. The van der Waals surface area contributed by atoms with Gasteiger partial charge in [0.2, 0.25) is 5.91 Å². The minimum absolute atomic E-state index is 0.0646. The van der Waals surface area contributed by atoms with Gasteiger partial charge in [-0.15, -0.1) is 11.3 Å². The van der Waals surface area contributed by atoms with E-state index in [1.54, 1.807) is 6.92 Å². The summed E-state index contributed by atoms with van der Waals surface area (Å²) < 4.78 is 1.44. The number of hydrogen-bond acceptors (Lipinski definition) is 3. The van der Waals surface area contributed by atoms with Gasteiger partial charge in [-0.3, -0.25) is 9.59 Å². The third kappa shape index (κ3) is 3.83. The summed E-state index contributed by atoms with van der Waals surface area (Å²) in [5, 5.41) is 0.476. The van der Waals surface area contributed by atoms with Crippen LogP contribution in [0.2, 0.25) is 9.36 Å². The maximum Gasteiger partial charge on any atom is 0.219 e. The molecule has 152 valence electrons. The van der Waals surface area contributed by atoms with Crippen molar-refractivity contribution in [3.8, 4) is 0 Å². The van der Waals surface area contributed by atoms with Crippen molar-refractivity contribution in [2.75, 3.05) is 7.05 Å². The van der Waals surface area contributed by atoms with E-state index in [0.29, 0.717) is 27.4 Å². The average molecular weight is 449 g/mol. The van der Waals surface area contributed by atoms with Crippen LogP contribution in [0.5, 0.6) is 0 Å². The molecule has 2 atom stereocenters. The molecule has 4 rings (SSSR count). The van der Waals surface area contributed by atoms with E-state index in [0.717, 1.165) is 29.5 Å². The number of hydrogen-bond donors (Lipinski definition) is 1. The minimum Gasteiger partial charge on any atom is -0.350 e. The molecule has 1 N–H and O–H groups in total. The Balaban J connectivity index is 1.42. The number of H-pyrrole nitrogens is 1. The molecule has 1 aliphatic rings. The standard InChI is InChI=1S/C22H22Cl2N2O2S/c1-12(27)26(2)21-14(10-13-6-3-4-8-15(13)21)7-5-9-17(28)16-11-18-20(25-16)19(23)22(24)29-18/h3-4,6,8,11,14,21,25H,5,7,9-10H2,1-2H3/t14-,21+/m1/s1. The number of carbonyl (C=O) groups is 2. The van der Waals surface area contributed by atoms with Crippen molar-refractivity contribution in [2.45, 2.75) is 38.6 Å². The van der Waals surface area contributed by atoms with Gasteiger partial charge in [-0.05, 0) is 42.4 Å². The van der Waals surface area contributed by atoms with Gasteiger partial charge in [-0.1, -0.05) is 47.5 Å². The normalized spacial score (nSPS) is 18.2. The Hall–Kier alpha value is -1.82. The number of thiophene rings is 1. The van der Waals surface area contributed by atoms with Crippen molar-refractivity contribution in [3.63, 3.8) is 0 Å². The van der Waals surface area contributed by atoms with Crippen molar-refractivity contribution in [1.82, 2.24) is 9.88 Å². The number of rotatable bonds is 6. The molecule has 0 saturated carbocycles. The second-order valence-corrected chi connectivity index (χ2v) is 9.70. The van der Waals surface area contributed by atoms with Gasteiger partial charge < -0.3 is 9.88 Å². The summed E-state index contributed by atoms with van der Waals surface area (Å²) in [5.74, 6) is 0.469. The van der Waals surface area contributed by atoms with E-state index >= 15 is 0 Å². The predicted octanol–water partition coefficient (Wildman–Crippen LogP) is 6.28. The number of Topliss-reactive ketones (excluding diaryl/α,β-unsaturated/α-hetero) is 1. The Kier molecular flexibility index (Phi) is 5.74. The molecular weight excluding hydrogens is 427 g/mol. The second-order valence-electron chi connectivity index (χ2n) is 7.67. The van der Waals surface area contributed by atoms with Crippen molar-refractivity contribution in [2.24, 2.45) is 5.92 Å². The highest BCUT2D eigenvalue weighted by Gasteiger charge is 2.35. The summed E-state index contributed by atoms with van der Waals surface area (Å²) in [5.41, 5.74) is 3.85. The zero-order valence-corrected chi connectivity index (χ0v) is 18.6. The number of ketones is 1. The number of halogens is 2. The highest BCUT2D eigenvalue weighted by molar-refractivity contribution is 7.23. The summed E-state index contributed by atoms with van der Waals surface area (Å²) in [6.45, 7) is 1.61. The lowest BCUT2D eigenvalue weighted by Gasteiger charge is -2.30. The molecule has 0 bridgehead atoms. The highest BCUT2D eigenvalue weighted by Crippen LogP contribution is 2.42. The Morgan fingerprint density at radius 2 is 2.03 bits per heavy atom. The molecule has 3 aromatic rings. The largest absolute Gasteiger partial charge is 0.350 e. The van der Waals surface area contributed by atoms with Crippen LogP contribution in [0.1, 0.15) is 53.8 Å². The molecule has 7 heteroatoms. The van der Waals surface area contributed by atoms with Gasteiger partial charge in [0.15, 0.2) is 5.78 Å². The molecular formula is C22H22Cl2N2O2S. The highest BCUT2D eigenvalue weighted by atomic mass is 35.5. The molecule has 1 aromatic carbocycles. The van der Waals surface area contributed by atoms with Gasteiger partial charge in [0, 0.05) is 20.4 Å². The zero-order valence-electron chi connectivity index (χ0n) is 16.3. The summed E-state index contributed by atoms with van der Waals surface area (Å²) in [6.07, 6.45) is 3.08. The molecule has 0 unspecified atom stereocenters. The van der Waals surface area contributed by atoms with Gasteiger partial charge in [0.25, 0.3) is 0 Å².